The molecule has 2 bridgehead atoms. The van der Waals surface area contributed by atoms with Crippen LogP contribution in [0.4, 0.5) is 0 Å². The summed E-state index contributed by atoms with van der Waals surface area (Å²) in [5, 5.41) is 4.09. The first-order chi connectivity index (χ1) is 14.7. The van der Waals surface area contributed by atoms with Gasteiger partial charge in [-0.05, 0) is 56.1 Å². The molecule has 3 saturated heterocycles. The van der Waals surface area contributed by atoms with Crippen molar-refractivity contribution in [2.45, 2.75) is 18.9 Å². The summed E-state index contributed by atoms with van der Waals surface area (Å²) in [5.41, 5.74) is 2.40. The number of para-hydroxylation sites is 1. The van der Waals surface area contributed by atoms with Crippen molar-refractivity contribution in [3.05, 3.63) is 48.2 Å². The van der Waals surface area contributed by atoms with Crippen LogP contribution in [0.2, 0.25) is 0 Å². The molecule has 1 amide bonds. The van der Waals surface area contributed by atoms with Gasteiger partial charge in [0, 0.05) is 29.1 Å². The molecule has 3 fully saturated rings. The number of ether oxygens (including phenoxy) is 2. The van der Waals surface area contributed by atoms with Crippen molar-refractivity contribution in [2.24, 2.45) is 5.92 Å². The van der Waals surface area contributed by atoms with Gasteiger partial charge in [0.15, 0.2) is 5.76 Å². The topological polar surface area (TPSA) is 63.9 Å². The van der Waals surface area contributed by atoms with Gasteiger partial charge in [-0.1, -0.05) is 18.2 Å². The summed E-state index contributed by atoms with van der Waals surface area (Å²) in [4.78, 5) is 15.4. The monoisotopic (exact) mass is 442 g/mol. The number of rotatable bonds is 5. The SMILES string of the molecule is COc1ccc(OC)c(-c2cccc3cc(C(=O)N[C@H]4CN5CCC4CC5)oc23)c1.Cl. The molecule has 0 unspecified atom stereocenters. The third-order valence-electron chi connectivity index (χ3n) is 6.44. The molecule has 7 heteroatoms. The molecule has 1 atom stereocenters. The Morgan fingerprint density at radius 1 is 1.06 bits per heavy atom. The summed E-state index contributed by atoms with van der Waals surface area (Å²) in [5.74, 6) is 2.22. The summed E-state index contributed by atoms with van der Waals surface area (Å²) in [6.45, 7) is 3.23. The summed E-state index contributed by atoms with van der Waals surface area (Å²) < 4.78 is 17.0. The van der Waals surface area contributed by atoms with Crippen LogP contribution in [0.15, 0.2) is 46.9 Å². The first-order valence-corrected chi connectivity index (χ1v) is 10.4. The predicted molar refractivity (Wildman–Crippen MR) is 122 cm³/mol. The van der Waals surface area contributed by atoms with Gasteiger partial charge in [-0.2, -0.15) is 0 Å². The van der Waals surface area contributed by atoms with Crippen molar-refractivity contribution in [1.82, 2.24) is 10.2 Å². The minimum absolute atomic E-state index is 0. The Bertz CT molecular complexity index is 1090. The fourth-order valence-electron chi connectivity index (χ4n) is 4.78. The van der Waals surface area contributed by atoms with Crippen molar-refractivity contribution in [3.8, 4) is 22.6 Å². The van der Waals surface area contributed by atoms with Crippen LogP contribution in [0.3, 0.4) is 0 Å². The number of halogens is 1. The maximum absolute atomic E-state index is 13.0. The molecule has 1 aromatic heterocycles. The number of amides is 1. The number of methoxy groups -OCH3 is 2. The quantitative estimate of drug-likeness (QED) is 0.636. The van der Waals surface area contributed by atoms with Crippen molar-refractivity contribution in [3.63, 3.8) is 0 Å². The summed E-state index contributed by atoms with van der Waals surface area (Å²) >= 11 is 0. The van der Waals surface area contributed by atoms with Crippen molar-refractivity contribution < 1.29 is 18.7 Å². The molecule has 164 valence electrons. The van der Waals surface area contributed by atoms with Crippen LogP contribution in [0.5, 0.6) is 11.5 Å². The molecule has 2 aromatic carbocycles. The summed E-state index contributed by atoms with van der Waals surface area (Å²) in [6, 6.07) is 13.6. The molecule has 0 aliphatic carbocycles. The molecule has 0 radical (unpaired) electrons. The first-order valence-electron chi connectivity index (χ1n) is 10.4. The van der Waals surface area contributed by atoms with E-state index in [1.54, 1.807) is 14.2 Å². The molecular formula is C24H27ClN2O4. The van der Waals surface area contributed by atoms with Crippen LogP contribution in [-0.2, 0) is 0 Å². The van der Waals surface area contributed by atoms with Crippen LogP contribution in [0, 0.1) is 5.92 Å². The second-order valence-corrected chi connectivity index (χ2v) is 8.12. The number of nitrogens with zero attached hydrogens (tertiary/aromatic N) is 1. The lowest BCUT2D eigenvalue weighted by atomic mass is 9.84. The minimum Gasteiger partial charge on any atom is -0.497 e. The van der Waals surface area contributed by atoms with Crippen molar-refractivity contribution in [2.75, 3.05) is 33.9 Å². The van der Waals surface area contributed by atoms with Crippen LogP contribution >= 0.6 is 12.4 Å². The molecule has 3 aromatic rings. The van der Waals surface area contributed by atoms with Crippen LogP contribution in [0.1, 0.15) is 23.4 Å². The highest BCUT2D eigenvalue weighted by Crippen LogP contribution is 2.38. The second-order valence-electron chi connectivity index (χ2n) is 8.12. The van der Waals surface area contributed by atoms with E-state index >= 15 is 0 Å². The Labute approximate surface area is 187 Å². The Hall–Kier alpha value is -2.70. The van der Waals surface area contributed by atoms with Crippen LogP contribution in [0.25, 0.3) is 22.1 Å². The zero-order valence-electron chi connectivity index (χ0n) is 17.7. The number of furan rings is 1. The molecule has 3 aliphatic rings. The lowest BCUT2D eigenvalue weighted by molar-refractivity contribution is 0.0607. The first kappa shape index (κ1) is 21.5. The Morgan fingerprint density at radius 3 is 2.55 bits per heavy atom. The van der Waals surface area contributed by atoms with Crippen LogP contribution < -0.4 is 14.8 Å². The molecular weight excluding hydrogens is 416 g/mol. The number of benzene rings is 2. The zero-order chi connectivity index (χ0) is 20.7. The lowest BCUT2D eigenvalue weighted by Gasteiger charge is -2.44. The van der Waals surface area contributed by atoms with E-state index in [4.69, 9.17) is 13.9 Å². The van der Waals surface area contributed by atoms with E-state index in [1.807, 2.05) is 42.5 Å². The van der Waals surface area contributed by atoms with E-state index in [9.17, 15) is 4.79 Å². The van der Waals surface area contributed by atoms with Gasteiger partial charge in [-0.3, -0.25) is 4.79 Å². The molecule has 4 heterocycles. The van der Waals surface area contributed by atoms with E-state index in [0.29, 0.717) is 17.3 Å². The smallest absolute Gasteiger partial charge is 0.287 e. The maximum atomic E-state index is 13.0. The number of piperidine rings is 3. The highest BCUT2D eigenvalue weighted by Gasteiger charge is 2.35. The van der Waals surface area contributed by atoms with Gasteiger partial charge in [0.25, 0.3) is 5.91 Å². The lowest BCUT2D eigenvalue weighted by Crippen LogP contribution is -2.57. The Morgan fingerprint density at radius 2 is 1.87 bits per heavy atom. The average Bonchev–Trinajstić information content (AvgIpc) is 3.24. The van der Waals surface area contributed by atoms with E-state index in [-0.39, 0.29) is 24.4 Å². The Kier molecular flexibility index (Phi) is 6.12. The Balaban J connectivity index is 0.00000231. The maximum Gasteiger partial charge on any atom is 0.287 e. The number of hydrogen-bond acceptors (Lipinski definition) is 5. The predicted octanol–water partition coefficient (Wildman–Crippen LogP) is 4.36. The largest absolute Gasteiger partial charge is 0.497 e. The van der Waals surface area contributed by atoms with Crippen LogP contribution in [-0.4, -0.2) is 50.7 Å². The number of nitrogens with one attached hydrogen (secondary N) is 1. The fraction of sp³-hybridized carbons (Fsp3) is 0.375. The van der Waals surface area contributed by atoms with Gasteiger partial charge in [-0.15, -0.1) is 12.4 Å². The highest BCUT2D eigenvalue weighted by atomic mass is 35.5. The van der Waals surface area contributed by atoms with Gasteiger partial charge < -0.3 is 24.1 Å². The van der Waals surface area contributed by atoms with Gasteiger partial charge in [0.1, 0.15) is 17.1 Å². The summed E-state index contributed by atoms with van der Waals surface area (Å²) in [7, 11) is 3.27. The van der Waals surface area contributed by atoms with Crippen molar-refractivity contribution >= 4 is 29.3 Å². The molecule has 3 aliphatic heterocycles. The molecule has 0 spiro atoms. The molecule has 0 saturated carbocycles. The molecule has 6 nitrogen and oxygen atoms in total. The van der Waals surface area contributed by atoms with E-state index < -0.39 is 0 Å². The zero-order valence-corrected chi connectivity index (χ0v) is 18.5. The molecule has 1 N–H and O–H groups in total. The summed E-state index contributed by atoms with van der Waals surface area (Å²) in [6.07, 6.45) is 2.32. The van der Waals surface area contributed by atoms with Gasteiger partial charge in [0.05, 0.1) is 14.2 Å². The third kappa shape index (κ3) is 3.98. The third-order valence-corrected chi connectivity index (χ3v) is 6.44. The number of carbonyl (C=O) groups is 1. The second kappa shape index (κ2) is 8.81. The number of fused-ring (bicyclic) bond motifs is 4. The highest BCUT2D eigenvalue weighted by molar-refractivity contribution is 6.00. The van der Waals surface area contributed by atoms with E-state index in [2.05, 4.69) is 10.2 Å². The molecule has 6 rings (SSSR count). The minimum atomic E-state index is -0.145. The molecule has 31 heavy (non-hydrogen) atoms. The van der Waals surface area contributed by atoms with E-state index in [0.717, 1.165) is 60.5 Å². The normalized spacial score (nSPS) is 22.1. The average molecular weight is 443 g/mol. The standard InChI is InChI=1S/C24H26N2O4.ClH/c1-28-17-6-7-21(29-2)19(13-17)18-5-3-4-16-12-22(30-23(16)18)24(27)25-20-14-26-10-8-15(20)9-11-26;/h3-7,12-13,15,20H,8-11,14H2,1-2H3,(H,25,27);1H/t20-;/m0./s1. The van der Waals surface area contributed by atoms with E-state index in [1.165, 1.54) is 0 Å². The number of hydrogen-bond donors (Lipinski definition) is 1. The van der Waals surface area contributed by atoms with Gasteiger partial charge in [0.2, 0.25) is 0 Å². The fourth-order valence-corrected chi connectivity index (χ4v) is 4.78. The van der Waals surface area contributed by atoms with Gasteiger partial charge in [-0.25, -0.2) is 0 Å². The number of carbonyl (C=O) groups excluding carboxylic acids is 1. The van der Waals surface area contributed by atoms with Gasteiger partial charge >= 0.3 is 0 Å². The van der Waals surface area contributed by atoms with Crippen molar-refractivity contribution in [1.29, 1.82) is 0 Å².